The Morgan fingerprint density at radius 1 is 1.50 bits per heavy atom. The highest BCUT2D eigenvalue weighted by Gasteiger charge is 2.14. The number of rotatable bonds is 3. The fourth-order valence-electron chi connectivity index (χ4n) is 1.68. The van der Waals surface area contributed by atoms with Crippen LogP contribution in [0, 0.1) is 6.92 Å². The van der Waals surface area contributed by atoms with Crippen molar-refractivity contribution >= 4 is 36.5 Å². The molecule has 0 bridgehead atoms. The molecule has 1 aromatic rings. The van der Waals surface area contributed by atoms with Gasteiger partial charge >= 0.3 is 0 Å². The standard InChI is InChI=1S/C10H16N4O2.2ClH/c1-8-6-9(13-16-8)12-10(15)7-14-4-2-11-3-5-14;;/h6,11H,2-5,7H2,1H3,(H,12,13,15);2*1H. The highest BCUT2D eigenvalue weighted by atomic mass is 35.5. The molecule has 1 amide bonds. The highest BCUT2D eigenvalue weighted by molar-refractivity contribution is 5.91. The van der Waals surface area contributed by atoms with Crippen molar-refractivity contribution in [2.45, 2.75) is 6.92 Å². The average Bonchev–Trinajstić information content (AvgIpc) is 2.65. The quantitative estimate of drug-likeness (QED) is 0.858. The molecule has 1 fully saturated rings. The lowest BCUT2D eigenvalue weighted by Gasteiger charge is -2.26. The number of amides is 1. The van der Waals surface area contributed by atoms with Gasteiger partial charge in [-0.2, -0.15) is 0 Å². The summed E-state index contributed by atoms with van der Waals surface area (Å²) in [5.41, 5.74) is 0. The first-order valence-electron chi connectivity index (χ1n) is 5.40. The minimum absolute atomic E-state index is 0. The molecule has 1 aliphatic heterocycles. The average molecular weight is 297 g/mol. The van der Waals surface area contributed by atoms with E-state index in [-0.39, 0.29) is 30.7 Å². The molecule has 0 saturated carbocycles. The number of carbonyl (C=O) groups excluding carboxylic acids is 1. The van der Waals surface area contributed by atoms with Crippen LogP contribution in [0.3, 0.4) is 0 Å². The van der Waals surface area contributed by atoms with E-state index in [1.165, 1.54) is 0 Å². The topological polar surface area (TPSA) is 70.4 Å². The molecule has 8 heteroatoms. The van der Waals surface area contributed by atoms with Crippen LogP contribution < -0.4 is 10.6 Å². The second-order valence-electron chi connectivity index (χ2n) is 3.90. The number of nitrogens with one attached hydrogen (secondary N) is 2. The molecule has 1 saturated heterocycles. The van der Waals surface area contributed by atoms with Gasteiger partial charge in [-0.1, -0.05) is 5.16 Å². The minimum atomic E-state index is -0.0461. The second-order valence-corrected chi connectivity index (χ2v) is 3.90. The van der Waals surface area contributed by atoms with Crippen LogP contribution >= 0.6 is 24.8 Å². The van der Waals surface area contributed by atoms with Crippen LogP contribution in [-0.2, 0) is 4.79 Å². The molecule has 0 radical (unpaired) electrons. The molecule has 18 heavy (non-hydrogen) atoms. The molecule has 0 unspecified atom stereocenters. The van der Waals surface area contributed by atoms with Crippen molar-refractivity contribution in [2.24, 2.45) is 0 Å². The Morgan fingerprint density at radius 2 is 2.17 bits per heavy atom. The number of aromatic nitrogens is 1. The molecule has 2 rings (SSSR count). The molecule has 0 aromatic carbocycles. The summed E-state index contributed by atoms with van der Waals surface area (Å²) < 4.78 is 4.87. The lowest BCUT2D eigenvalue weighted by Crippen LogP contribution is -2.46. The van der Waals surface area contributed by atoms with Gasteiger partial charge in [-0.05, 0) is 6.92 Å². The van der Waals surface area contributed by atoms with Crippen molar-refractivity contribution in [3.63, 3.8) is 0 Å². The number of hydrogen-bond donors (Lipinski definition) is 2. The molecule has 2 N–H and O–H groups in total. The van der Waals surface area contributed by atoms with Crippen molar-refractivity contribution in [1.82, 2.24) is 15.4 Å². The third-order valence-corrected chi connectivity index (χ3v) is 2.47. The summed E-state index contributed by atoms with van der Waals surface area (Å²) in [6.45, 7) is 5.90. The molecule has 0 spiro atoms. The van der Waals surface area contributed by atoms with Gasteiger partial charge in [0.05, 0.1) is 6.54 Å². The van der Waals surface area contributed by atoms with Gasteiger partial charge in [-0.3, -0.25) is 9.69 Å². The predicted octanol–water partition coefficient (Wildman–Crippen LogP) is 0.670. The van der Waals surface area contributed by atoms with Crippen molar-refractivity contribution in [3.05, 3.63) is 11.8 Å². The maximum atomic E-state index is 11.6. The van der Waals surface area contributed by atoms with Crippen LogP contribution in [0.15, 0.2) is 10.6 Å². The van der Waals surface area contributed by atoms with Gasteiger partial charge in [0.2, 0.25) is 5.91 Å². The zero-order chi connectivity index (χ0) is 11.4. The summed E-state index contributed by atoms with van der Waals surface area (Å²) in [5, 5.41) is 9.66. The lowest BCUT2D eigenvalue weighted by atomic mass is 10.3. The van der Waals surface area contributed by atoms with Crippen LogP contribution in [0.4, 0.5) is 5.82 Å². The van der Waals surface area contributed by atoms with E-state index in [0.29, 0.717) is 18.1 Å². The SMILES string of the molecule is Cc1cc(NC(=O)CN2CCNCC2)no1.Cl.Cl. The Bertz CT molecular complexity index is 367. The Hall–Kier alpha value is -0.820. The summed E-state index contributed by atoms with van der Waals surface area (Å²) in [6, 6.07) is 1.70. The summed E-state index contributed by atoms with van der Waals surface area (Å²) in [6.07, 6.45) is 0. The molecular formula is C10H18Cl2N4O2. The van der Waals surface area contributed by atoms with Gasteiger partial charge in [0.1, 0.15) is 5.76 Å². The fourth-order valence-corrected chi connectivity index (χ4v) is 1.68. The number of nitrogens with zero attached hydrogens (tertiary/aromatic N) is 2. The minimum Gasteiger partial charge on any atom is -0.360 e. The number of hydrogen-bond acceptors (Lipinski definition) is 5. The van der Waals surface area contributed by atoms with Crippen LogP contribution in [-0.4, -0.2) is 48.7 Å². The molecule has 1 aliphatic rings. The van der Waals surface area contributed by atoms with E-state index in [4.69, 9.17) is 4.52 Å². The van der Waals surface area contributed by atoms with Gasteiger partial charge in [0, 0.05) is 32.2 Å². The number of anilines is 1. The van der Waals surface area contributed by atoms with Crippen molar-refractivity contribution in [3.8, 4) is 0 Å². The molecular weight excluding hydrogens is 279 g/mol. The Morgan fingerprint density at radius 3 is 2.72 bits per heavy atom. The van der Waals surface area contributed by atoms with Gasteiger partial charge < -0.3 is 15.2 Å². The summed E-state index contributed by atoms with van der Waals surface area (Å²) in [7, 11) is 0. The first kappa shape index (κ1) is 17.2. The van der Waals surface area contributed by atoms with E-state index >= 15 is 0 Å². The van der Waals surface area contributed by atoms with E-state index in [0.717, 1.165) is 26.2 Å². The lowest BCUT2D eigenvalue weighted by molar-refractivity contribution is -0.117. The van der Waals surface area contributed by atoms with E-state index < -0.39 is 0 Å². The third-order valence-electron chi connectivity index (χ3n) is 2.47. The first-order chi connectivity index (χ1) is 7.74. The number of halogens is 2. The molecule has 1 aromatic heterocycles. The third kappa shape index (κ3) is 5.22. The van der Waals surface area contributed by atoms with Crippen molar-refractivity contribution in [2.75, 3.05) is 38.0 Å². The molecule has 2 heterocycles. The maximum Gasteiger partial charge on any atom is 0.239 e. The van der Waals surface area contributed by atoms with Gasteiger partial charge in [-0.25, -0.2) is 0 Å². The molecule has 0 atom stereocenters. The Kier molecular flexibility index (Phi) is 7.93. The van der Waals surface area contributed by atoms with Crippen molar-refractivity contribution in [1.29, 1.82) is 0 Å². The Labute approximate surface area is 118 Å². The van der Waals surface area contributed by atoms with E-state index in [1.54, 1.807) is 13.0 Å². The van der Waals surface area contributed by atoms with Gasteiger partial charge in [-0.15, -0.1) is 24.8 Å². The first-order valence-corrected chi connectivity index (χ1v) is 5.40. The maximum absolute atomic E-state index is 11.6. The molecule has 6 nitrogen and oxygen atoms in total. The predicted molar refractivity (Wildman–Crippen MR) is 73.7 cm³/mol. The summed E-state index contributed by atoms with van der Waals surface area (Å²) >= 11 is 0. The fraction of sp³-hybridized carbons (Fsp3) is 0.600. The molecule has 0 aliphatic carbocycles. The normalized spacial score (nSPS) is 15.4. The van der Waals surface area contributed by atoms with Gasteiger partial charge in [0.15, 0.2) is 5.82 Å². The van der Waals surface area contributed by atoms with E-state index in [2.05, 4.69) is 20.7 Å². The second kappa shape index (κ2) is 8.31. The largest absolute Gasteiger partial charge is 0.360 e. The summed E-state index contributed by atoms with van der Waals surface area (Å²) in [5.74, 6) is 1.13. The number of carbonyl (C=O) groups is 1. The van der Waals surface area contributed by atoms with Crippen LogP contribution in [0.1, 0.15) is 5.76 Å². The van der Waals surface area contributed by atoms with E-state index in [9.17, 15) is 4.79 Å². The van der Waals surface area contributed by atoms with Crippen LogP contribution in [0.25, 0.3) is 0 Å². The van der Waals surface area contributed by atoms with Crippen LogP contribution in [0.2, 0.25) is 0 Å². The van der Waals surface area contributed by atoms with Gasteiger partial charge in [0.25, 0.3) is 0 Å². The number of aryl methyl sites for hydroxylation is 1. The highest BCUT2D eigenvalue weighted by Crippen LogP contribution is 2.06. The summed E-state index contributed by atoms with van der Waals surface area (Å²) in [4.78, 5) is 13.7. The smallest absolute Gasteiger partial charge is 0.239 e. The monoisotopic (exact) mass is 296 g/mol. The zero-order valence-electron chi connectivity index (χ0n) is 10.1. The number of piperazine rings is 1. The zero-order valence-corrected chi connectivity index (χ0v) is 11.8. The van der Waals surface area contributed by atoms with Crippen LogP contribution in [0.5, 0.6) is 0 Å². The van der Waals surface area contributed by atoms with Crippen molar-refractivity contribution < 1.29 is 9.32 Å². The Balaban J connectivity index is 0.00000144. The van der Waals surface area contributed by atoms with E-state index in [1.807, 2.05) is 0 Å². The molecule has 104 valence electrons.